The molecule has 19 heavy (non-hydrogen) atoms. The maximum Gasteiger partial charge on any atom is 0.338 e. The number of carboxylic acid groups (broad SMARTS) is 1. The minimum absolute atomic E-state index is 0.176. The van der Waals surface area contributed by atoms with E-state index in [1.807, 2.05) is 12.1 Å². The number of aromatic carboxylic acids is 1. The molecule has 0 aliphatic rings. The van der Waals surface area contributed by atoms with Crippen LogP contribution < -0.4 is 0 Å². The molecule has 0 fully saturated rings. The maximum absolute atomic E-state index is 11.1. The Kier molecular flexibility index (Phi) is 2.68. The second-order valence-electron chi connectivity index (χ2n) is 4.08. The molecular weight excluding hydrogens is 244 g/mol. The van der Waals surface area contributed by atoms with Crippen molar-refractivity contribution in [3.8, 4) is 0 Å². The predicted molar refractivity (Wildman–Crippen MR) is 67.9 cm³/mol. The Labute approximate surface area is 108 Å². The van der Waals surface area contributed by atoms with Crippen molar-refractivity contribution < 1.29 is 9.90 Å². The van der Waals surface area contributed by atoms with E-state index < -0.39 is 5.97 Å². The number of carbonyl (C=O) groups is 1. The van der Waals surface area contributed by atoms with Crippen molar-refractivity contribution in [1.82, 2.24) is 19.9 Å². The van der Waals surface area contributed by atoms with Gasteiger partial charge in [-0.15, -0.1) is 0 Å². The summed E-state index contributed by atoms with van der Waals surface area (Å²) in [6.07, 6.45) is 5.45. The van der Waals surface area contributed by atoms with Gasteiger partial charge < -0.3 is 10.1 Å². The zero-order valence-electron chi connectivity index (χ0n) is 9.87. The Bertz CT molecular complexity index is 737. The molecule has 0 amide bonds. The number of rotatable bonds is 3. The fourth-order valence-electron chi connectivity index (χ4n) is 1.92. The molecule has 0 radical (unpaired) electrons. The molecular formula is C13H10N4O2. The zero-order chi connectivity index (χ0) is 13.2. The molecule has 0 atom stereocenters. The molecule has 0 aromatic carbocycles. The zero-order valence-corrected chi connectivity index (χ0v) is 9.87. The number of hydrogen-bond donors (Lipinski definition) is 2. The fraction of sp³-hybridized carbons (Fsp3) is 0.0769. The standard InChI is InChI=1S/C13H10N4O2/c18-13(19)9-3-5-15-12-11(9)16-10(17-12)6-8-2-1-4-14-7-8/h1-5,7H,6H2,(H,18,19)(H,15,16,17). The lowest BCUT2D eigenvalue weighted by molar-refractivity contribution is 0.0698. The number of carboxylic acids is 1. The number of aromatic amines is 1. The molecule has 0 saturated heterocycles. The van der Waals surface area contributed by atoms with E-state index in [-0.39, 0.29) is 5.56 Å². The van der Waals surface area contributed by atoms with Crippen LogP contribution in [0.15, 0.2) is 36.8 Å². The molecule has 94 valence electrons. The van der Waals surface area contributed by atoms with Gasteiger partial charge in [-0.25, -0.2) is 14.8 Å². The molecule has 0 saturated carbocycles. The van der Waals surface area contributed by atoms with E-state index in [0.29, 0.717) is 23.4 Å². The van der Waals surface area contributed by atoms with Crippen LogP contribution in [-0.2, 0) is 6.42 Å². The summed E-state index contributed by atoms with van der Waals surface area (Å²) < 4.78 is 0. The molecule has 2 N–H and O–H groups in total. The number of H-pyrrole nitrogens is 1. The van der Waals surface area contributed by atoms with Gasteiger partial charge in [-0.1, -0.05) is 6.07 Å². The van der Waals surface area contributed by atoms with E-state index in [4.69, 9.17) is 5.11 Å². The summed E-state index contributed by atoms with van der Waals surface area (Å²) in [5, 5.41) is 9.10. The van der Waals surface area contributed by atoms with Gasteiger partial charge >= 0.3 is 5.97 Å². The Morgan fingerprint density at radius 1 is 1.32 bits per heavy atom. The van der Waals surface area contributed by atoms with Crippen molar-refractivity contribution >= 4 is 17.1 Å². The van der Waals surface area contributed by atoms with E-state index in [2.05, 4.69) is 19.9 Å². The highest BCUT2D eigenvalue weighted by molar-refractivity contribution is 5.99. The van der Waals surface area contributed by atoms with Gasteiger partial charge in [0.25, 0.3) is 0 Å². The van der Waals surface area contributed by atoms with Gasteiger partial charge in [0.1, 0.15) is 5.82 Å². The molecule has 0 bridgehead atoms. The first-order chi connectivity index (χ1) is 9.24. The normalized spacial score (nSPS) is 10.7. The van der Waals surface area contributed by atoms with E-state index in [1.54, 1.807) is 12.4 Å². The highest BCUT2D eigenvalue weighted by atomic mass is 16.4. The van der Waals surface area contributed by atoms with Crippen molar-refractivity contribution in [2.45, 2.75) is 6.42 Å². The van der Waals surface area contributed by atoms with Crippen LogP contribution in [0.5, 0.6) is 0 Å². The van der Waals surface area contributed by atoms with E-state index >= 15 is 0 Å². The molecule has 3 rings (SSSR count). The van der Waals surface area contributed by atoms with Crippen molar-refractivity contribution in [2.24, 2.45) is 0 Å². The summed E-state index contributed by atoms with van der Waals surface area (Å²) in [4.78, 5) is 26.5. The van der Waals surface area contributed by atoms with Crippen LogP contribution >= 0.6 is 0 Å². The smallest absolute Gasteiger partial charge is 0.338 e. The number of fused-ring (bicyclic) bond motifs is 1. The first-order valence-electron chi connectivity index (χ1n) is 5.70. The summed E-state index contributed by atoms with van der Waals surface area (Å²) in [6.45, 7) is 0. The predicted octanol–water partition coefficient (Wildman–Crippen LogP) is 1.64. The van der Waals surface area contributed by atoms with Crippen molar-refractivity contribution in [1.29, 1.82) is 0 Å². The summed E-state index contributed by atoms with van der Waals surface area (Å²) >= 11 is 0. The average Bonchev–Trinajstić information content (AvgIpc) is 2.81. The highest BCUT2D eigenvalue weighted by Crippen LogP contribution is 2.15. The molecule has 0 unspecified atom stereocenters. The fourth-order valence-corrected chi connectivity index (χ4v) is 1.92. The van der Waals surface area contributed by atoms with Gasteiger partial charge in [-0.3, -0.25) is 4.98 Å². The summed E-state index contributed by atoms with van der Waals surface area (Å²) in [5.74, 6) is -0.326. The monoisotopic (exact) mass is 254 g/mol. The highest BCUT2D eigenvalue weighted by Gasteiger charge is 2.13. The number of nitrogens with zero attached hydrogens (tertiary/aromatic N) is 3. The number of nitrogens with one attached hydrogen (secondary N) is 1. The van der Waals surface area contributed by atoms with E-state index in [1.165, 1.54) is 12.3 Å². The number of pyridine rings is 2. The molecule has 6 heteroatoms. The van der Waals surface area contributed by atoms with Crippen molar-refractivity contribution in [2.75, 3.05) is 0 Å². The molecule has 0 spiro atoms. The Balaban J connectivity index is 2.03. The van der Waals surface area contributed by atoms with Crippen LogP contribution in [0.1, 0.15) is 21.7 Å². The second kappa shape index (κ2) is 4.49. The maximum atomic E-state index is 11.1. The summed E-state index contributed by atoms with van der Waals surface area (Å²) in [7, 11) is 0. The van der Waals surface area contributed by atoms with Gasteiger partial charge in [0.05, 0.1) is 11.1 Å². The lowest BCUT2D eigenvalue weighted by Gasteiger charge is -1.96. The first kappa shape index (κ1) is 11.3. The molecule has 3 aromatic rings. The summed E-state index contributed by atoms with van der Waals surface area (Å²) in [5.41, 5.74) is 2.04. The van der Waals surface area contributed by atoms with Gasteiger partial charge in [-0.2, -0.15) is 0 Å². The Morgan fingerprint density at radius 3 is 2.95 bits per heavy atom. The van der Waals surface area contributed by atoms with E-state index in [0.717, 1.165) is 5.56 Å². The lowest BCUT2D eigenvalue weighted by atomic mass is 10.2. The van der Waals surface area contributed by atoms with Gasteiger partial charge in [0, 0.05) is 25.0 Å². The minimum atomic E-state index is -0.996. The van der Waals surface area contributed by atoms with Crippen molar-refractivity contribution in [3.05, 3.63) is 53.7 Å². The van der Waals surface area contributed by atoms with Crippen LogP contribution in [0.3, 0.4) is 0 Å². The number of hydrogen-bond acceptors (Lipinski definition) is 4. The molecule has 0 aliphatic carbocycles. The van der Waals surface area contributed by atoms with Gasteiger partial charge in [-0.05, 0) is 17.7 Å². The van der Waals surface area contributed by atoms with Gasteiger partial charge in [0.2, 0.25) is 0 Å². The molecule has 3 aromatic heterocycles. The second-order valence-corrected chi connectivity index (χ2v) is 4.08. The quantitative estimate of drug-likeness (QED) is 0.741. The lowest BCUT2D eigenvalue weighted by Crippen LogP contribution is -1.97. The minimum Gasteiger partial charge on any atom is -0.478 e. The Hall–Kier alpha value is -2.76. The SMILES string of the molecule is O=C(O)c1ccnc2nc(Cc3cccnc3)[nH]c12. The molecule has 3 heterocycles. The van der Waals surface area contributed by atoms with Crippen LogP contribution in [0, 0.1) is 0 Å². The van der Waals surface area contributed by atoms with E-state index in [9.17, 15) is 4.79 Å². The van der Waals surface area contributed by atoms with Crippen molar-refractivity contribution in [3.63, 3.8) is 0 Å². The van der Waals surface area contributed by atoms with Crippen LogP contribution in [0.2, 0.25) is 0 Å². The third kappa shape index (κ3) is 2.15. The first-order valence-corrected chi connectivity index (χ1v) is 5.70. The largest absolute Gasteiger partial charge is 0.478 e. The third-order valence-electron chi connectivity index (χ3n) is 2.77. The molecule has 0 aliphatic heterocycles. The van der Waals surface area contributed by atoms with Crippen LogP contribution in [-0.4, -0.2) is 31.0 Å². The van der Waals surface area contributed by atoms with Crippen LogP contribution in [0.25, 0.3) is 11.2 Å². The average molecular weight is 254 g/mol. The van der Waals surface area contributed by atoms with Crippen LogP contribution in [0.4, 0.5) is 0 Å². The Morgan fingerprint density at radius 2 is 2.21 bits per heavy atom. The number of imidazole rings is 1. The molecule has 6 nitrogen and oxygen atoms in total. The third-order valence-corrected chi connectivity index (χ3v) is 2.77. The topological polar surface area (TPSA) is 91.8 Å². The number of aromatic nitrogens is 4. The van der Waals surface area contributed by atoms with Gasteiger partial charge in [0.15, 0.2) is 5.65 Å². The summed E-state index contributed by atoms with van der Waals surface area (Å²) in [6, 6.07) is 5.24.